The lowest BCUT2D eigenvalue weighted by Crippen LogP contribution is -2.01. The topological polar surface area (TPSA) is 43.6 Å². The summed E-state index contributed by atoms with van der Waals surface area (Å²) in [5.74, 6) is 1.97. The van der Waals surface area contributed by atoms with Gasteiger partial charge in [0.25, 0.3) is 0 Å². The molecule has 0 aliphatic carbocycles. The Kier molecular flexibility index (Phi) is 7.07. The molecule has 2 aromatic heterocycles. The Morgan fingerprint density at radius 2 is 0.907 bits per heavy atom. The molecule has 1 aliphatic heterocycles. The van der Waals surface area contributed by atoms with Crippen LogP contribution in [0.5, 0.6) is 0 Å². The lowest BCUT2D eigenvalue weighted by molar-refractivity contribution is 1.07. The Bertz CT molecular complexity index is 2970. The molecule has 0 bridgehead atoms. The highest BCUT2D eigenvalue weighted by atomic mass is 32.2. The Labute approximate surface area is 316 Å². The van der Waals surface area contributed by atoms with E-state index >= 15 is 0 Å². The third-order valence-corrected chi connectivity index (χ3v) is 11.6. The third-order valence-electron chi connectivity index (χ3n) is 10.4. The fourth-order valence-electron chi connectivity index (χ4n) is 7.97. The zero-order valence-corrected chi connectivity index (χ0v) is 29.8. The Morgan fingerprint density at radius 3 is 1.59 bits per heavy atom. The lowest BCUT2D eigenvalue weighted by Gasteiger charge is -2.22. The Balaban J connectivity index is 1.05. The van der Waals surface area contributed by atoms with Gasteiger partial charge in [-0.05, 0) is 70.1 Å². The van der Waals surface area contributed by atoms with Gasteiger partial charge in [0, 0.05) is 48.3 Å². The van der Waals surface area contributed by atoms with Crippen LogP contribution in [-0.2, 0) is 0 Å². The van der Waals surface area contributed by atoms with Crippen LogP contribution in [0, 0.1) is 0 Å². The van der Waals surface area contributed by atoms with Gasteiger partial charge in [-0.2, -0.15) is 0 Å². The van der Waals surface area contributed by atoms with Gasteiger partial charge in [0.2, 0.25) is 0 Å². The molecule has 0 amide bonds. The summed E-state index contributed by atoms with van der Waals surface area (Å²) < 4.78 is 2.39. The molecule has 0 fully saturated rings. The largest absolute Gasteiger partial charge is 0.309 e. The van der Waals surface area contributed by atoms with Crippen molar-refractivity contribution >= 4 is 44.3 Å². The molecule has 8 aromatic carbocycles. The minimum absolute atomic E-state index is 0.657. The maximum absolute atomic E-state index is 5.03. The van der Waals surface area contributed by atoms with Crippen LogP contribution in [0.1, 0.15) is 0 Å². The first kappa shape index (κ1) is 30.8. The molecule has 0 saturated carbocycles. The number of aromatic nitrogens is 4. The Morgan fingerprint density at radius 1 is 0.352 bits per heavy atom. The summed E-state index contributed by atoms with van der Waals surface area (Å²) >= 11 is 1.83. The summed E-state index contributed by atoms with van der Waals surface area (Å²) in [5, 5.41) is 5.04. The second kappa shape index (κ2) is 12.4. The molecule has 0 saturated heterocycles. The highest BCUT2D eigenvalue weighted by Gasteiger charge is 2.23. The van der Waals surface area contributed by atoms with E-state index in [4.69, 9.17) is 15.0 Å². The van der Waals surface area contributed by atoms with E-state index in [1.54, 1.807) is 0 Å². The molecule has 11 rings (SSSR count). The van der Waals surface area contributed by atoms with E-state index in [-0.39, 0.29) is 0 Å². The molecular formula is C49H30N4S. The summed E-state index contributed by atoms with van der Waals surface area (Å²) in [6.45, 7) is 0. The molecule has 1 aliphatic rings. The van der Waals surface area contributed by atoms with Gasteiger partial charge in [-0.3, -0.25) is 0 Å². The van der Waals surface area contributed by atoms with Crippen LogP contribution in [0.2, 0.25) is 0 Å². The quantitative estimate of drug-likeness (QED) is 0.179. The maximum Gasteiger partial charge on any atom is 0.164 e. The van der Waals surface area contributed by atoms with Crippen molar-refractivity contribution in [1.82, 2.24) is 19.5 Å². The smallest absolute Gasteiger partial charge is 0.164 e. The van der Waals surface area contributed by atoms with E-state index < -0.39 is 0 Å². The van der Waals surface area contributed by atoms with Crippen molar-refractivity contribution in [3.8, 4) is 62.1 Å². The van der Waals surface area contributed by atoms with Gasteiger partial charge < -0.3 is 4.57 Å². The standard InChI is InChI=1S/C49H30N4S/c1-3-13-31(14-4-1)47-50-48(32-15-5-2-6-16-32)52-49(51-47)34-25-27-44-41(30-34)40-22-12-21-39-36(26-28-45(54-44)46(39)40)33-17-11-18-35(29-33)53-42-23-9-7-19-37(42)38-20-8-10-24-43(38)53/h1-30H. The van der Waals surface area contributed by atoms with Crippen LogP contribution < -0.4 is 0 Å². The van der Waals surface area contributed by atoms with Crippen LogP contribution in [-0.4, -0.2) is 19.5 Å². The molecule has 252 valence electrons. The molecule has 0 N–H and O–H groups in total. The van der Waals surface area contributed by atoms with E-state index in [2.05, 4.69) is 126 Å². The average Bonchev–Trinajstić information content (AvgIpc) is 3.59. The van der Waals surface area contributed by atoms with Crippen molar-refractivity contribution in [1.29, 1.82) is 0 Å². The predicted octanol–water partition coefficient (Wildman–Crippen LogP) is 12.9. The number of nitrogens with zero attached hydrogens (tertiary/aromatic N) is 4. The van der Waals surface area contributed by atoms with Crippen LogP contribution in [0.15, 0.2) is 192 Å². The van der Waals surface area contributed by atoms with E-state index in [9.17, 15) is 0 Å². The number of benzene rings is 8. The SMILES string of the molecule is c1ccc(-c2nc(-c3ccccc3)nc(-c3ccc4c(c3)-c3cccc5c(-c6cccc(-n7c8ccccc8c8ccccc87)c6)ccc(c35)S4)n2)cc1. The fraction of sp³-hybridized carbons (Fsp3) is 0. The molecule has 0 radical (unpaired) electrons. The second-order valence-corrected chi connectivity index (χ2v) is 14.7. The summed E-state index contributed by atoms with van der Waals surface area (Å²) in [7, 11) is 0. The van der Waals surface area contributed by atoms with Crippen molar-refractivity contribution < 1.29 is 0 Å². The van der Waals surface area contributed by atoms with E-state index in [0.29, 0.717) is 17.5 Å². The predicted molar refractivity (Wildman–Crippen MR) is 223 cm³/mol. The molecule has 4 nitrogen and oxygen atoms in total. The minimum Gasteiger partial charge on any atom is -0.309 e. The number of rotatable bonds is 5. The van der Waals surface area contributed by atoms with Crippen molar-refractivity contribution in [3.05, 3.63) is 182 Å². The normalized spacial score (nSPS) is 12.0. The molecular weight excluding hydrogens is 677 g/mol. The zero-order valence-electron chi connectivity index (χ0n) is 29.0. The van der Waals surface area contributed by atoms with Crippen molar-refractivity contribution in [2.75, 3.05) is 0 Å². The maximum atomic E-state index is 5.03. The third kappa shape index (κ3) is 4.97. The van der Waals surface area contributed by atoms with Crippen LogP contribution in [0.3, 0.4) is 0 Å². The van der Waals surface area contributed by atoms with Crippen LogP contribution in [0.4, 0.5) is 0 Å². The highest BCUT2D eigenvalue weighted by molar-refractivity contribution is 7.99. The molecule has 5 heteroatoms. The minimum atomic E-state index is 0.657. The van der Waals surface area contributed by atoms with Crippen LogP contribution >= 0.6 is 11.8 Å². The van der Waals surface area contributed by atoms with Gasteiger partial charge in [-0.25, -0.2) is 15.0 Å². The number of hydrogen-bond donors (Lipinski definition) is 0. The van der Waals surface area contributed by atoms with Crippen molar-refractivity contribution in [2.24, 2.45) is 0 Å². The highest BCUT2D eigenvalue weighted by Crippen LogP contribution is 2.50. The molecule has 0 atom stereocenters. The van der Waals surface area contributed by atoms with Gasteiger partial charge in [-0.15, -0.1) is 0 Å². The molecule has 54 heavy (non-hydrogen) atoms. The van der Waals surface area contributed by atoms with Gasteiger partial charge in [0.1, 0.15) is 0 Å². The number of hydrogen-bond acceptors (Lipinski definition) is 4. The first-order valence-corrected chi connectivity index (χ1v) is 18.9. The summed E-state index contributed by atoms with van der Waals surface area (Å²) in [5.41, 5.74) is 11.3. The van der Waals surface area contributed by atoms with Crippen molar-refractivity contribution in [2.45, 2.75) is 9.79 Å². The Hall–Kier alpha value is -6.82. The molecule has 0 unspecified atom stereocenters. The summed E-state index contributed by atoms with van der Waals surface area (Å²) in [6, 6.07) is 64.5. The van der Waals surface area contributed by atoms with E-state index in [1.165, 1.54) is 64.6 Å². The molecule has 0 spiro atoms. The summed E-state index contributed by atoms with van der Waals surface area (Å²) in [6.07, 6.45) is 0. The molecule has 10 aromatic rings. The first-order valence-electron chi connectivity index (χ1n) is 18.1. The van der Waals surface area contributed by atoms with Gasteiger partial charge in [-0.1, -0.05) is 151 Å². The number of para-hydroxylation sites is 2. The second-order valence-electron chi connectivity index (χ2n) is 13.6. The average molecular weight is 707 g/mol. The summed E-state index contributed by atoms with van der Waals surface area (Å²) in [4.78, 5) is 17.5. The van der Waals surface area contributed by atoms with Gasteiger partial charge in [0.15, 0.2) is 17.5 Å². The number of fused-ring (bicyclic) bond motifs is 5. The van der Waals surface area contributed by atoms with Gasteiger partial charge in [0.05, 0.1) is 11.0 Å². The van der Waals surface area contributed by atoms with E-state index in [1.807, 2.05) is 72.4 Å². The van der Waals surface area contributed by atoms with Crippen LogP contribution in [0.25, 0.3) is 94.7 Å². The zero-order chi connectivity index (χ0) is 35.6. The monoisotopic (exact) mass is 706 g/mol. The van der Waals surface area contributed by atoms with Crippen molar-refractivity contribution in [3.63, 3.8) is 0 Å². The van der Waals surface area contributed by atoms with Gasteiger partial charge >= 0.3 is 0 Å². The lowest BCUT2D eigenvalue weighted by atomic mass is 9.91. The fourth-order valence-corrected chi connectivity index (χ4v) is 9.08. The first-order chi connectivity index (χ1) is 26.8. The van der Waals surface area contributed by atoms with E-state index in [0.717, 1.165) is 22.4 Å². The molecule has 3 heterocycles.